The summed E-state index contributed by atoms with van der Waals surface area (Å²) in [5.74, 6) is -4.61. The van der Waals surface area contributed by atoms with Crippen molar-refractivity contribution < 1.29 is 17.6 Å². The standard InChI is InChI=1S/C15H14F4N2/c1-8(2)21-15(12-6-3-9(16)7-20-12)10-4-5-11(17)14(19)13(10)18/h3-8,15,21H,1-2H3. The number of hydrogen-bond donors (Lipinski definition) is 1. The van der Waals surface area contributed by atoms with Crippen LogP contribution in [0.4, 0.5) is 17.6 Å². The average Bonchev–Trinajstić information content (AvgIpc) is 2.44. The van der Waals surface area contributed by atoms with E-state index in [1.54, 1.807) is 0 Å². The van der Waals surface area contributed by atoms with Crippen LogP contribution < -0.4 is 5.32 Å². The van der Waals surface area contributed by atoms with E-state index in [1.807, 2.05) is 13.8 Å². The molecule has 0 fully saturated rings. The number of hydrogen-bond acceptors (Lipinski definition) is 2. The predicted molar refractivity (Wildman–Crippen MR) is 70.6 cm³/mol. The number of halogens is 4. The van der Waals surface area contributed by atoms with Crippen molar-refractivity contribution in [2.24, 2.45) is 0 Å². The number of benzene rings is 1. The van der Waals surface area contributed by atoms with Crippen LogP contribution in [0, 0.1) is 23.3 Å². The fraction of sp³-hybridized carbons (Fsp3) is 0.267. The quantitative estimate of drug-likeness (QED) is 0.687. The van der Waals surface area contributed by atoms with E-state index in [1.165, 1.54) is 12.1 Å². The van der Waals surface area contributed by atoms with E-state index < -0.39 is 29.3 Å². The Morgan fingerprint density at radius 2 is 1.67 bits per heavy atom. The number of nitrogens with one attached hydrogen (secondary N) is 1. The molecule has 1 unspecified atom stereocenters. The summed E-state index contributed by atoms with van der Waals surface area (Å²) in [6, 6.07) is 3.67. The van der Waals surface area contributed by atoms with Crippen LogP contribution in [0.1, 0.15) is 31.1 Å². The normalized spacial score (nSPS) is 12.7. The largest absolute Gasteiger partial charge is 0.303 e. The summed E-state index contributed by atoms with van der Waals surface area (Å²) in [6.45, 7) is 3.63. The highest BCUT2D eigenvalue weighted by molar-refractivity contribution is 5.30. The van der Waals surface area contributed by atoms with Crippen LogP contribution in [0.2, 0.25) is 0 Å². The van der Waals surface area contributed by atoms with Gasteiger partial charge in [-0.05, 0) is 32.0 Å². The molecule has 2 rings (SSSR count). The summed E-state index contributed by atoms with van der Waals surface area (Å²) < 4.78 is 53.4. The highest BCUT2D eigenvalue weighted by Gasteiger charge is 2.23. The van der Waals surface area contributed by atoms with Crippen molar-refractivity contribution in [3.63, 3.8) is 0 Å². The smallest absolute Gasteiger partial charge is 0.194 e. The minimum atomic E-state index is -1.54. The van der Waals surface area contributed by atoms with Crippen LogP contribution in [0.25, 0.3) is 0 Å². The third-order valence-corrected chi connectivity index (χ3v) is 2.92. The van der Waals surface area contributed by atoms with E-state index in [0.29, 0.717) is 5.69 Å². The zero-order valence-electron chi connectivity index (χ0n) is 11.5. The zero-order valence-corrected chi connectivity index (χ0v) is 11.5. The summed E-state index contributed by atoms with van der Waals surface area (Å²) in [4.78, 5) is 3.88. The number of rotatable bonds is 4. The van der Waals surface area contributed by atoms with Crippen molar-refractivity contribution in [3.8, 4) is 0 Å². The van der Waals surface area contributed by atoms with E-state index in [9.17, 15) is 17.6 Å². The minimum absolute atomic E-state index is 0.0747. The molecule has 1 N–H and O–H groups in total. The summed E-state index contributed by atoms with van der Waals surface area (Å²) in [6.07, 6.45) is 0.988. The third-order valence-electron chi connectivity index (χ3n) is 2.92. The molecule has 0 aliphatic heterocycles. The lowest BCUT2D eigenvalue weighted by Gasteiger charge is -2.22. The van der Waals surface area contributed by atoms with Crippen LogP contribution >= 0.6 is 0 Å². The highest BCUT2D eigenvalue weighted by atomic mass is 19.2. The molecule has 2 aromatic rings. The highest BCUT2D eigenvalue weighted by Crippen LogP contribution is 2.26. The summed E-state index contributed by atoms with van der Waals surface area (Å²) >= 11 is 0. The first kappa shape index (κ1) is 15.4. The van der Waals surface area contributed by atoms with Crippen molar-refractivity contribution >= 4 is 0 Å². The fourth-order valence-electron chi connectivity index (χ4n) is 1.99. The van der Waals surface area contributed by atoms with Gasteiger partial charge >= 0.3 is 0 Å². The van der Waals surface area contributed by atoms with Gasteiger partial charge in [-0.1, -0.05) is 6.07 Å². The van der Waals surface area contributed by atoms with Gasteiger partial charge in [-0.2, -0.15) is 0 Å². The van der Waals surface area contributed by atoms with Crippen LogP contribution in [0.3, 0.4) is 0 Å². The molecule has 0 radical (unpaired) electrons. The summed E-state index contributed by atoms with van der Waals surface area (Å²) in [5, 5.41) is 3.01. The van der Waals surface area contributed by atoms with Gasteiger partial charge < -0.3 is 5.32 Å². The minimum Gasteiger partial charge on any atom is -0.303 e. The Morgan fingerprint density at radius 1 is 0.952 bits per heavy atom. The molecule has 1 heterocycles. The molecule has 0 amide bonds. The lowest BCUT2D eigenvalue weighted by atomic mass is 10.0. The molecule has 1 atom stereocenters. The second kappa shape index (κ2) is 6.22. The third kappa shape index (κ3) is 3.39. The van der Waals surface area contributed by atoms with Gasteiger partial charge in [-0.3, -0.25) is 4.98 Å². The molecule has 0 saturated carbocycles. The molecule has 2 nitrogen and oxygen atoms in total. The zero-order chi connectivity index (χ0) is 15.6. The van der Waals surface area contributed by atoms with Crippen molar-refractivity contribution in [2.45, 2.75) is 25.9 Å². The van der Waals surface area contributed by atoms with Crippen molar-refractivity contribution in [2.75, 3.05) is 0 Å². The first-order chi connectivity index (χ1) is 9.90. The molecule has 0 spiro atoms. The lowest BCUT2D eigenvalue weighted by Crippen LogP contribution is -2.30. The second-order valence-corrected chi connectivity index (χ2v) is 4.92. The first-order valence-corrected chi connectivity index (χ1v) is 6.41. The van der Waals surface area contributed by atoms with Gasteiger partial charge in [0, 0.05) is 11.6 Å². The van der Waals surface area contributed by atoms with Crippen LogP contribution in [-0.4, -0.2) is 11.0 Å². The predicted octanol–water partition coefficient (Wildman–Crippen LogP) is 3.73. The monoisotopic (exact) mass is 298 g/mol. The molecule has 0 aliphatic carbocycles. The van der Waals surface area contributed by atoms with Crippen molar-refractivity contribution in [1.29, 1.82) is 0 Å². The van der Waals surface area contributed by atoms with Crippen LogP contribution in [0.15, 0.2) is 30.5 Å². The number of pyridine rings is 1. The average molecular weight is 298 g/mol. The Hall–Kier alpha value is -1.95. The molecule has 0 aliphatic rings. The topological polar surface area (TPSA) is 24.9 Å². The van der Waals surface area contributed by atoms with E-state index >= 15 is 0 Å². The maximum absolute atomic E-state index is 14.0. The molecule has 112 valence electrons. The Labute approximate surface area is 119 Å². The molecule has 0 bridgehead atoms. The summed E-state index contributed by atoms with van der Waals surface area (Å²) in [7, 11) is 0. The van der Waals surface area contributed by atoms with E-state index in [0.717, 1.165) is 18.3 Å². The molecule has 1 aromatic carbocycles. The fourth-order valence-corrected chi connectivity index (χ4v) is 1.99. The molecule has 0 saturated heterocycles. The number of nitrogens with zero attached hydrogens (tertiary/aromatic N) is 1. The van der Waals surface area contributed by atoms with Crippen molar-refractivity contribution in [3.05, 3.63) is 65.0 Å². The maximum atomic E-state index is 14.0. The first-order valence-electron chi connectivity index (χ1n) is 6.41. The maximum Gasteiger partial charge on any atom is 0.194 e. The molecular weight excluding hydrogens is 284 g/mol. The summed E-state index contributed by atoms with van der Waals surface area (Å²) in [5.41, 5.74) is 0.233. The second-order valence-electron chi connectivity index (χ2n) is 4.92. The van der Waals surface area contributed by atoms with Crippen molar-refractivity contribution in [1.82, 2.24) is 10.3 Å². The van der Waals surface area contributed by atoms with Gasteiger partial charge in [0.2, 0.25) is 0 Å². The Bertz CT molecular complexity index is 626. The lowest BCUT2D eigenvalue weighted by molar-refractivity contribution is 0.425. The molecule has 21 heavy (non-hydrogen) atoms. The SMILES string of the molecule is CC(C)NC(c1ccc(F)cn1)c1ccc(F)c(F)c1F. The Morgan fingerprint density at radius 3 is 2.24 bits per heavy atom. The number of aromatic nitrogens is 1. The van der Waals surface area contributed by atoms with Gasteiger partial charge in [0.15, 0.2) is 17.5 Å². The Kier molecular flexibility index (Phi) is 4.57. The van der Waals surface area contributed by atoms with Gasteiger partial charge in [0.1, 0.15) is 5.82 Å². The van der Waals surface area contributed by atoms with Crippen LogP contribution in [0.5, 0.6) is 0 Å². The van der Waals surface area contributed by atoms with Gasteiger partial charge in [0.05, 0.1) is 17.9 Å². The molecular formula is C15H14F4N2. The molecule has 6 heteroatoms. The van der Waals surface area contributed by atoms with E-state index in [-0.39, 0.29) is 11.6 Å². The van der Waals surface area contributed by atoms with Gasteiger partial charge in [-0.25, -0.2) is 17.6 Å². The van der Waals surface area contributed by atoms with Crippen LogP contribution in [-0.2, 0) is 0 Å². The molecule has 1 aromatic heterocycles. The van der Waals surface area contributed by atoms with Gasteiger partial charge in [0.25, 0.3) is 0 Å². The Balaban J connectivity index is 2.50. The van der Waals surface area contributed by atoms with Gasteiger partial charge in [-0.15, -0.1) is 0 Å². The van der Waals surface area contributed by atoms with E-state index in [2.05, 4.69) is 10.3 Å². The van der Waals surface area contributed by atoms with E-state index in [4.69, 9.17) is 0 Å².